The number of carbonyl (C=O) groups excluding carboxylic acids is 1. The van der Waals surface area contributed by atoms with Crippen LogP contribution in [-0.4, -0.2) is 41.5 Å². The highest BCUT2D eigenvalue weighted by Crippen LogP contribution is 2.29. The van der Waals surface area contributed by atoms with Gasteiger partial charge in [-0.25, -0.2) is 0 Å². The van der Waals surface area contributed by atoms with Crippen molar-refractivity contribution >= 4 is 16.8 Å². The molecule has 0 spiro atoms. The molecule has 3 heterocycles. The molecule has 1 aromatic carbocycles. The van der Waals surface area contributed by atoms with Gasteiger partial charge < -0.3 is 10.2 Å². The first-order valence-corrected chi connectivity index (χ1v) is 7.20. The fourth-order valence-corrected chi connectivity index (χ4v) is 3.54. The summed E-state index contributed by atoms with van der Waals surface area (Å²) < 4.78 is 0. The molecule has 0 saturated carbocycles. The van der Waals surface area contributed by atoms with Crippen molar-refractivity contribution in [1.29, 1.82) is 0 Å². The standard InChI is InChI=1S/C16H17N3O/c20-16(19-8-6-11-9-17-10-15(11)19)13-5-7-18-14-4-2-1-3-12(13)14/h1-5,7,11,15,17H,6,8-10H2/t11-,15+/m0/s1. The van der Waals surface area contributed by atoms with E-state index >= 15 is 0 Å². The largest absolute Gasteiger partial charge is 0.334 e. The number of amides is 1. The van der Waals surface area contributed by atoms with Crippen molar-refractivity contribution < 1.29 is 4.79 Å². The van der Waals surface area contributed by atoms with Crippen LogP contribution in [0.2, 0.25) is 0 Å². The number of nitrogens with zero attached hydrogens (tertiary/aromatic N) is 2. The molecule has 4 rings (SSSR count). The highest BCUT2D eigenvalue weighted by Gasteiger charge is 2.40. The second kappa shape index (κ2) is 4.56. The van der Waals surface area contributed by atoms with Crippen LogP contribution in [0.1, 0.15) is 16.8 Å². The van der Waals surface area contributed by atoms with E-state index in [-0.39, 0.29) is 5.91 Å². The van der Waals surface area contributed by atoms with E-state index in [1.807, 2.05) is 35.2 Å². The maximum atomic E-state index is 12.9. The number of benzene rings is 1. The van der Waals surface area contributed by atoms with Crippen molar-refractivity contribution in [3.8, 4) is 0 Å². The van der Waals surface area contributed by atoms with Crippen molar-refractivity contribution in [1.82, 2.24) is 15.2 Å². The molecule has 2 fully saturated rings. The van der Waals surface area contributed by atoms with Crippen molar-refractivity contribution in [3.05, 3.63) is 42.1 Å². The van der Waals surface area contributed by atoms with Gasteiger partial charge in [0.2, 0.25) is 0 Å². The van der Waals surface area contributed by atoms with E-state index in [0.717, 1.165) is 42.5 Å². The second-order valence-corrected chi connectivity index (χ2v) is 5.65. The molecule has 0 aliphatic carbocycles. The van der Waals surface area contributed by atoms with Gasteiger partial charge in [-0.15, -0.1) is 0 Å². The Balaban J connectivity index is 1.74. The summed E-state index contributed by atoms with van der Waals surface area (Å²) in [5.41, 5.74) is 1.67. The summed E-state index contributed by atoms with van der Waals surface area (Å²) >= 11 is 0. The van der Waals surface area contributed by atoms with Crippen LogP contribution in [0.15, 0.2) is 36.5 Å². The van der Waals surface area contributed by atoms with Crippen LogP contribution in [0.25, 0.3) is 10.9 Å². The lowest BCUT2D eigenvalue weighted by molar-refractivity contribution is 0.0739. The van der Waals surface area contributed by atoms with Gasteiger partial charge in [0.05, 0.1) is 11.1 Å². The van der Waals surface area contributed by atoms with Crippen LogP contribution >= 0.6 is 0 Å². The van der Waals surface area contributed by atoms with E-state index in [1.54, 1.807) is 6.20 Å². The van der Waals surface area contributed by atoms with Gasteiger partial charge in [-0.1, -0.05) is 18.2 Å². The summed E-state index contributed by atoms with van der Waals surface area (Å²) in [5.74, 6) is 0.784. The molecule has 4 nitrogen and oxygen atoms in total. The van der Waals surface area contributed by atoms with Crippen molar-refractivity contribution in [2.24, 2.45) is 5.92 Å². The minimum Gasteiger partial charge on any atom is -0.334 e. The molecule has 1 aromatic heterocycles. The SMILES string of the molecule is O=C(c1ccnc2ccccc12)N1CC[C@H]2CNC[C@H]21. The van der Waals surface area contributed by atoms with Crippen LogP contribution in [0.3, 0.4) is 0 Å². The van der Waals surface area contributed by atoms with Gasteiger partial charge in [-0.2, -0.15) is 0 Å². The van der Waals surface area contributed by atoms with Gasteiger partial charge >= 0.3 is 0 Å². The lowest BCUT2D eigenvalue weighted by atomic mass is 10.0. The Hall–Kier alpha value is -1.94. The molecule has 0 radical (unpaired) electrons. The van der Waals surface area contributed by atoms with Gasteiger partial charge in [0.15, 0.2) is 0 Å². The third kappa shape index (κ3) is 1.72. The zero-order chi connectivity index (χ0) is 13.5. The molecule has 2 aliphatic heterocycles. The Morgan fingerprint density at radius 1 is 1.25 bits per heavy atom. The lowest BCUT2D eigenvalue weighted by Crippen LogP contribution is -2.39. The number of pyridine rings is 1. The third-order valence-electron chi connectivity index (χ3n) is 4.59. The Bertz CT molecular complexity index is 664. The van der Waals surface area contributed by atoms with E-state index in [9.17, 15) is 4.79 Å². The van der Waals surface area contributed by atoms with E-state index in [4.69, 9.17) is 0 Å². The van der Waals surface area contributed by atoms with Crippen LogP contribution in [-0.2, 0) is 0 Å². The zero-order valence-electron chi connectivity index (χ0n) is 11.2. The predicted octanol–water partition coefficient (Wildman–Crippen LogP) is 1.67. The van der Waals surface area contributed by atoms with Crippen molar-refractivity contribution in [3.63, 3.8) is 0 Å². The van der Waals surface area contributed by atoms with E-state index < -0.39 is 0 Å². The van der Waals surface area contributed by atoms with Gasteiger partial charge in [-0.05, 0) is 24.5 Å². The molecular formula is C16H17N3O. The molecule has 2 atom stereocenters. The Morgan fingerprint density at radius 2 is 2.15 bits per heavy atom. The molecule has 4 heteroatoms. The molecule has 1 N–H and O–H groups in total. The van der Waals surface area contributed by atoms with Crippen molar-refractivity contribution in [2.75, 3.05) is 19.6 Å². The second-order valence-electron chi connectivity index (χ2n) is 5.65. The molecule has 1 amide bonds. The molecular weight excluding hydrogens is 250 g/mol. The normalized spacial score (nSPS) is 25.1. The van der Waals surface area contributed by atoms with Gasteiger partial charge in [-0.3, -0.25) is 9.78 Å². The molecule has 0 bridgehead atoms. The quantitative estimate of drug-likeness (QED) is 0.855. The first-order chi connectivity index (χ1) is 9.84. The molecule has 0 unspecified atom stereocenters. The number of carbonyl (C=O) groups is 1. The topological polar surface area (TPSA) is 45.2 Å². The van der Waals surface area contributed by atoms with Gasteiger partial charge in [0.1, 0.15) is 0 Å². The summed E-state index contributed by atoms with van der Waals surface area (Å²) in [5, 5.41) is 4.34. The van der Waals surface area contributed by atoms with Crippen molar-refractivity contribution in [2.45, 2.75) is 12.5 Å². The van der Waals surface area contributed by atoms with Crippen LogP contribution < -0.4 is 5.32 Å². The summed E-state index contributed by atoms with van der Waals surface area (Å²) in [6.07, 6.45) is 2.85. The fraction of sp³-hybridized carbons (Fsp3) is 0.375. The average molecular weight is 267 g/mol. The van der Waals surface area contributed by atoms with E-state index in [0.29, 0.717) is 12.0 Å². The summed E-state index contributed by atoms with van der Waals surface area (Å²) in [7, 11) is 0. The summed E-state index contributed by atoms with van der Waals surface area (Å²) in [4.78, 5) is 19.3. The maximum Gasteiger partial charge on any atom is 0.254 e. The number of aromatic nitrogens is 1. The molecule has 2 aromatic rings. The highest BCUT2D eigenvalue weighted by atomic mass is 16.2. The number of hydrogen-bond acceptors (Lipinski definition) is 3. The molecule has 2 aliphatic rings. The first kappa shape index (κ1) is 11.9. The van der Waals surface area contributed by atoms with Crippen LogP contribution in [0, 0.1) is 5.92 Å². The number of hydrogen-bond donors (Lipinski definition) is 1. The Labute approximate surface area is 117 Å². The van der Waals surface area contributed by atoms with E-state index in [2.05, 4.69) is 10.3 Å². The minimum absolute atomic E-state index is 0.153. The van der Waals surface area contributed by atoms with Gasteiger partial charge in [0.25, 0.3) is 5.91 Å². The number of para-hydroxylation sites is 1. The number of fused-ring (bicyclic) bond motifs is 2. The number of likely N-dealkylation sites (tertiary alicyclic amines) is 1. The van der Waals surface area contributed by atoms with E-state index in [1.165, 1.54) is 0 Å². The summed E-state index contributed by atoms with van der Waals surface area (Å²) in [6, 6.07) is 10.1. The Morgan fingerprint density at radius 3 is 3.10 bits per heavy atom. The predicted molar refractivity (Wildman–Crippen MR) is 77.5 cm³/mol. The lowest BCUT2D eigenvalue weighted by Gasteiger charge is -2.24. The first-order valence-electron chi connectivity index (χ1n) is 7.20. The van der Waals surface area contributed by atoms with Gasteiger partial charge in [0, 0.05) is 37.3 Å². The molecule has 102 valence electrons. The van der Waals surface area contributed by atoms with Crippen LogP contribution in [0.5, 0.6) is 0 Å². The third-order valence-corrected chi connectivity index (χ3v) is 4.59. The number of rotatable bonds is 1. The monoisotopic (exact) mass is 267 g/mol. The summed E-state index contributed by atoms with van der Waals surface area (Å²) in [6.45, 7) is 2.86. The molecule has 20 heavy (non-hydrogen) atoms. The average Bonchev–Trinajstić information content (AvgIpc) is 3.09. The highest BCUT2D eigenvalue weighted by molar-refractivity contribution is 6.06. The fourth-order valence-electron chi connectivity index (χ4n) is 3.54. The zero-order valence-corrected chi connectivity index (χ0v) is 11.2. The number of nitrogens with one attached hydrogen (secondary N) is 1. The smallest absolute Gasteiger partial charge is 0.254 e. The Kier molecular flexibility index (Phi) is 2.70. The maximum absolute atomic E-state index is 12.9. The van der Waals surface area contributed by atoms with Crippen LogP contribution in [0.4, 0.5) is 0 Å². The minimum atomic E-state index is 0.153. The molecule has 2 saturated heterocycles.